The highest BCUT2D eigenvalue weighted by Crippen LogP contribution is 2.31. The quantitative estimate of drug-likeness (QED) is 0.141. The van der Waals surface area contributed by atoms with Crippen LogP contribution in [0, 0.1) is 10.1 Å². The van der Waals surface area contributed by atoms with Crippen molar-refractivity contribution in [2.45, 2.75) is 4.90 Å². The van der Waals surface area contributed by atoms with Crippen LogP contribution in [0.25, 0.3) is 33.4 Å². The molecule has 1 amide bonds. The second-order valence-electron chi connectivity index (χ2n) is 10.1. The van der Waals surface area contributed by atoms with E-state index < -0.39 is 20.9 Å². The number of hydrogen-bond acceptors (Lipinski definition) is 10. The Kier molecular flexibility index (Phi) is 6.94. The van der Waals surface area contributed by atoms with Gasteiger partial charge in [0.1, 0.15) is 11.2 Å². The van der Waals surface area contributed by atoms with Gasteiger partial charge < -0.3 is 15.1 Å². The van der Waals surface area contributed by atoms with Gasteiger partial charge in [-0.1, -0.05) is 24.3 Å². The van der Waals surface area contributed by atoms with Gasteiger partial charge in [-0.05, 0) is 54.6 Å². The van der Waals surface area contributed by atoms with Gasteiger partial charge in [0.2, 0.25) is 5.95 Å². The fraction of sp³-hybridized carbons (Fsp3) is 0. The molecule has 0 bridgehead atoms. The number of nitrogens with zero attached hydrogens (tertiary/aromatic N) is 5. The summed E-state index contributed by atoms with van der Waals surface area (Å²) in [6.07, 6.45) is 4.49. The number of aromatic nitrogens is 4. The molecule has 14 heteroatoms. The third kappa shape index (κ3) is 5.28. The van der Waals surface area contributed by atoms with Gasteiger partial charge in [0.05, 0.1) is 16.1 Å². The summed E-state index contributed by atoms with van der Waals surface area (Å²) in [5, 5.41) is 17.4. The van der Waals surface area contributed by atoms with Crippen LogP contribution in [0.4, 0.5) is 23.0 Å². The molecule has 0 aliphatic heterocycles. The average molecular weight is 632 g/mol. The Morgan fingerprint density at radius 1 is 0.891 bits per heavy atom. The molecule has 0 spiro atoms. The van der Waals surface area contributed by atoms with Crippen molar-refractivity contribution in [1.82, 2.24) is 18.9 Å². The molecule has 0 saturated heterocycles. The SMILES string of the molecule is O=C(Nc1cccc(Nc2nc(-c3cnc4c(ccn4S(=O)(=O)c4ccccc4)c3)c3occc3n2)c1)c1ccc([N+](=O)[O-])cc1. The Bertz CT molecular complexity index is 2390. The zero-order chi connectivity index (χ0) is 31.8. The van der Waals surface area contributed by atoms with E-state index in [4.69, 9.17) is 4.42 Å². The largest absolute Gasteiger partial charge is 0.460 e. The van der Waals surface area contributed by atoms with E-state index in [9.17, 15) is 23.3 Å². The lowest BCUT2D eigenvalue weighted by atomic mass is 10.1. The molecule has 0 aliphatic rings. The standard InChI is InChI=1S/C32H21N7O6S/c40-31(20-9-11-25(12-10-20)39(41)42)34-23-5-4-6-24(18-23)35-32-36-27-14-16-45-29(27)28(37-32)22-17-21-13-15-38(30(21)33-19-22)46(43,44)26-7-2-1-3-8-26/h1-19H,(H,34,40)(H,35,36,37). The number of fused-ring (bicyclic) bond motifs is 2. The second-order valence-corrected chi connectivity index (χ2v) is 11.9. The van der Waals surface area contributed by atoms with E-state index in [-0.39, 0.29) is 27.7 Å². The maximum Gasteiger partial charge on any atom is 0.269 e. The van der Waals surface area contributed by atoms with Crippen LogP contribution in [0.3, 0.4) is 0 Å². The Morgan fingerprint density at radius 3 is 2.46 bits per heavy atom. The van der Waals surface area contributed by atoms with Gasteiger partial charge in [-0.15, -0.1) is 0 Å². The maximum atomic E-state index is 13.2. The zero-order valence-electron chi connectivity index (χ0n) is 23.6. The number of carbonyl (C=O) groups excluding carboxylic acids is 1. The van der Waals surface area contributed by atoms with Crippen molar-refractivity contribution in [2.75, 3.05) is 10.6 Å². The lowest BCUT2D eigenvalue weighted by Gasteiger charge is -2.10. The van der Waals surface area contributed by atoms with Crippen LogP contribution in [0.15, 0.2) is 125 Å². The number of nitrogens with one attached hydrogen (secondary N) is 2. The number of hydrogen-bond donors (Lipinski definition) is 2. The number of anilines is 3. The van der Waals surface area contributed by atoms with Crippen molar-refractivity contribution in [3.63, 3.8) is 0 Å². The fourth-order valence-electron chi connectivity index (χ4n) is 4.89. The van der Waals surface area contributed by atoms with Crippen LogP contribution >= 0.6 is 0 Å². The van der Waals surface area contributed by atoms with Crippen molar-refractivity contribution in [3.05, 3.63) is 131 Å². The van der Waals surface area contributed by atoms with E-state index in [1.54, 1.807) is 60.7 Å². The predicted molar refractivity (Wildman–Crippen MR) is 170 cm³/mol. The number of rotatable bonds is 8. The molecule has 0 aliphatic carbocycles. The van der Waals surface area contributed by atoms with Gasteiger partial charge in [0.25, 0.3) is 21.6 Å². The minimum Gasteiger partial charge on any atom is -0.460 e. The Balaban J connectivity index is 1.17. The molecule has 0 unspecified atom stereocenters. The van der Waals surface area contributed by atoms with E-state index in [0.717, 1.165) is 3.97 Å². The third-order valence-electron chi connectivity index (χ3n) is 7.09. The van der Waals surface area contributed by atoms with Crippen LogP contribution in [0.2, 0.25) is 0 Å². The van der Waals surface area contributed by atoms with Crippen molar-refractivity contribution in [3.8, 4) is 11.3 Å². The molecule has 0 saturated carbocycles. The molecule has 7 aromatic rings. The summed E-state index contributed by atoms with van der Waals surface area (Å²) < 4.78 is 33.3. The number of furan rings is 1. The van der Waals surface area contributed by atoms with E-state index >= 15 is 0 Å². The zero-order valence-corrected chi connectivity index (χ0v) is 24.4. The number of nitro groups is 1. The lowest BCUT2D eigenvalue weighted by molar-refractivity contribution is -0.384. The number of pyridine rings is 1. The molecule has 226 valence electrons. The molecular weight excluding hydrogens is 610 g/mol. The Labute approximate surface area is 260 Å². The van der Waals surface area contributed by atoms with Crippen molar-refractivity contribution < 1.29 is 22.6 Å². The first-order valence-electron chi connectivity index (χ1n) is 13.7. The van der Waals surface area contributed by atoms with Gasteiger partial charge >= 0.3 is 0 Å². The van der Waals surface area contributed by atoms with Gasteiger partial charge in [-0.25, -0.2) is 27.3 Å². The highest BCUT2D eigenvalue weighted by molar-refractivity contribution is 7.90. The predicted octanol–water partition coefficient (Wildman–Crippen LogP) is 6.38. The number of carbonyl (C=O) groups is 1. The normalized spacial score (nSPS) is 11.5. The smallest absolute Gasteiger partial charge is 0.269 e. The summed E-state index contributed by atoms with van der Waals surface area (Å²) in [5.74, 6) is -0.189. The molecule has 13 nitrogen and oxygen atoms in total. The number of non-ortho nitro benzene ring substituents is 1. The highest BCUT2D eigenvalue weighted by Gasteiger charge is 2.21. The van der Waals surface area contributed by atoms with Crippen LogP contribution in [0.1, 0.15) is 10.4 Å². The van der Waals surface area contributed by atoms with Crippen molar-refractivity contribution >= 4 is 61.1 Å². The molecule has 0 atom stereocenters. The first-order valence-corrected chi connectivity index (χ1v) is 15.2. The van der Waals surface area contributed by atoms with Crippen molar-refractivity contribution in [1.29, 1.82) is 0 Å². The molecule has 3 aromatic carbocycles. The summed E-state index contributed by atoms with van der Waals surface area (Å²) in [6, 6.07) is 25.5. The number of amides is 1. The van der Waals surface area contributed by atoms with E-state index in [1.807, 2.05) is 0 Å². The van der Waals surface area contributed by atoms with E-state index in [0.29, 0.717) is 39.1 Å². The van der Waals surface area contributed by atoms with Gasteiger partial charge in [0, 0.05) is 58.5 Å². The third-order valence-corrected chi connectivity index (χ3v) is 8.77. The fourth-order valence-corrected chi connectivity index (χ4v) is 6.22. The average Bonchev–Trinajstić information content (AvgIpc) is 3.72. The summed E-state index contributed by atoms with van der Waals surface area (Å²) in [4.78, 5) is 37.0. The van der Waals surface area contributed by atoms with Gasteiger partial charge in [-0.2, -0.15) is 0 Å². The molecule has 2 N–H and O–H groups in total. The molecular formula is C32H21N7O6S. The maximum absolute atomic E-state index is 13.2. The van der Waals surface area contributed by atoms with Gasteiger partial charge in [-0.3, -0.25) is 14.9 Å². The molecule has 4 heterocycles. The van der Waals surface area contributed by atoms with Gasteiger partial charge in [0.15, 0.2) is 11.2 Å². The first kappa shape index (κ1) is 28.4. The van der Waals surface area contributed by atoms with Crippen molar-refractivity contribution in [2.24, 2.45) is 0 Å². The molecule has 0 fully saturated rings. The summed E-state index contributed by atoms with van der Waals surface area (Å²) in [5.41, 5.74) is 3.44. The Hall–Kier alpha value is -6.41. The Morgan fingerprint density at radius 2 is 1.67 bits per heavy atom. The first-order chi connectivity index (χ1) is 22.3. The summed E-state index contributed by atoms with van der Waals surface area (Å²) >= 11 is 0. The van der Waals surface area contributed by atoms with Crippen LogP contribution in [0.5, 0.6) is 0 Å². The summed E-state index contributed by atoms with van der Waals surface area (Å²) in [7, 11) is -3.85. The highest BCUT2D eigenvalue weighted by atomic mass is 32.2. The number of nitro benzene ring substituents is 1. The van der Waals surface area contributed by atoms with Crippen LogP contribution in [-0.4, -0.2) is 38.2 Å². The summed E-state index contributed by atoms with van der Waals surface area (Å²) in [6.45, 7) is 0. The molecule has 0 radical (unpaired) electrons. The van der Waals surface area contributed by atoms with E-state index in [2.05, 4.69) is 25.6 Å². The number of benzene rings is 3. The molecule has 46 heavy (non-hydrogen) atoms. The molecule has 4 aromatic heterocycles. The monoisotopic (exact) mass is 631 g/mol. The second kappa shape index (κ2) is 11.3. The van der Waals surface area contributed by atoms with Crippen LogP contribution in [-0.2, 0) is 10.0 Å². The van der Waals surface area contributed by atoms with E-state index in [1.165, 1.54) is 55.1 Å². The lowest BCUT2D eigenvalue weighted by Crippen LogP contribution is -2.12. The minimum atomic E-state index is -3.85. The topological polar surface area (TPSA) is 175 Å². The minimum absolute atomic E-state index is 0.109. The van der Waals surface area contributed by atoms with Crippen LogP contribution < -0.4 is 10.6 Å². The molecule has 7 rings (SSSR count).